The monoisotopic (exact) mass is 248 g/mol. The Hall–Kier alpha value is -1.32. The zero-order chi connectivity index (χ0) is 12.5. The Morgan fingerprint density at radius 3 is 2.72 bits per heavy atom. The highest BCUT2D eigenvalue weighted by Crippen LogP contribution is 2.29. The van der Waals surface area contributed by atoms with Crippen molar-refractivity contribution in [2.24, 2.45) is 5.92 Å². The fourth-order valence-corrected chi connectivity index (χ4v) is 3.47. The number of carbonyl (C=O) groups is 2. The smallest absolute Gasteiger partial charge is 0.239 e. The van der Waals surface area contributed by atoms with Gasteiger partial charge >= 0.3 is 0 Å². The van der Waals surface area contributed by atoms with Crippen molar-refractivity contribution in [1.29, 1.82) is 0 Å². The number of amides is 2. The van der Waals surface area contributed by atoms with Crippen molar-refractivity contribution >= 4 is 11.8 Å². The molecule has 1 saturated heterocycles. The summed E-state index contributed by atoms with van der Waals surface area (Å²) in [5, 5.41) is 3.05. The van der Waals surface area contributed by atoms with Crippen molar-refractivity contribution in [3.8, 4) is 0 Å². The van der Waals surface area contributed by atoms with E-state index in [9.17, 15) is 9.59 Å². The van der Waals surface area contributed by atoms with E-state index >= 15 is 0 Å². The van der Waals surface area contributed by atoms with Gasteiger partial charge in [0.1, 0.15) is 0 Å². The van der Waals surface area contributed by atoms with Gasteiger partial charge in [-0.2, -0.15) is 0 Å². The van der Waals surface area contributed by atoms with Gasteiger partial charge in [-0.3, -0.25) is 9.59 Å². The Morgan fingerprint density at radius 1 is 1.22 bits per heavy atom. The van der Waals surface area contributed by atoms with Crippen LogP contribution in [-0.4, -0.2) is 35.3 Å². The molecule has 2 atom stereocenters. The molecule has 2 fully saturated rings. The SMILES string of the molecule is O=C1CN(C(=O)C2CC=CC2)C2CCCCC2N1. The Morgan fingerprint density at radius 2 is 1.94 bits per heavy atom. The zero-order valence-corrected chi connectivity index (χ0v) is 10.6. The van der Waals surface area contributed by atoms with Crippen LogP contribution in [0.3, 0.4) is 0 Å². The molecule has 18 heavy (non-hydrogen) atoms. The van der Waals surface area contributed by atoms with Crippen LogP contribution in [0.15, 0.2) is 12.2 Å². The van der Waals surface area contributed by atoms with Crippen molar-refractivity contribution in [2.75, 3.05) is 6.54 Å². The standard InChI is InChI=1S/C14H20N2O2/c17-13-9-16(14(18)10-5-1-2-6-10)12-8-4-3-7-11(12)15-13/h1-2,10-12H,3-9H2,(H,15,17). The lowest BCUT2D eigenvalue weighted by Gasteiger charge is -2.44. The number of hydrogen-bond donors (Lipinski definition) is 1. The number of fused-ring (bicyclic) bond motifs is 1. The van der Waals surface area contributed by atoms with E-state index < -0.39 is 0 Å². The summed E-state index contributed by atoms with van der Waals surface area (Å²) in [6, 6.07) is 0.433. The molecular formula is C14H20N2O2. The third kappa shape index (κ3) is 2.04. The van der Waals surface area contributed by atoms with E-state index in [1.807, 2.05) is 4.90 Å². The summed E-state index contributed by atoms with van der Waals surface area (Å²) in [6.45, 7) is 0.260. The molecule has 2 amide bonds. The van der Waals surface area contributed by atoms with Gasteiger partial charge in [0.15, 0.2) is 0 Å². The second-order valence-electron chi connectivity index (χ2n) is 5.63. The van der Waals surface area contributed by atoms with Crippen LogP contribution < -0.4 is 5.32 Å². The third-order valence-corrected chi connectivity index (χ3v) is 4.43. The Bertz CT molecular complexity index is 383. The second kappa shape index (κ2) is 4.75. The summed E-state index contributed by atoms with van der Waals surface area (Å²) in [6.07, 6.45) is 10.2. The van der Waals surface area contributed by atoms with Crippen molar-refractivity contribution in [3.05, 3.63) is 12.2 Å². The van der Waals surface area contributed by atoms with Gasteiger partial charge in [0.25, 0.3) is 0 Å². The van der Waals surface area contributed by atoms with Gasteiger partial charge in [-0.1, -0.05) is 25.0 Å². The number of rotatable bonds is 1. The van der Waals surface area contributed by atoms with Crippen molar-refractivity contribution in [2.45, 2.75) is 50.6 Å². The highest BCUT2D eigenvalue weighted by Gasteiger charge is 2.40. The molecule has 1 saturated carbocycles. The van der Waals surface area contributed by atoms with E-state index in [-0.39, 0.29) is 36.4 Å². The molecule has 0 radical (unpaired) electrons. The zero-order valence-electron chi connectivity index (χ0n) is 10.6. The van der Waals surface area contributed by atoms with E-state index in [0.717, 1.165) is 32.1 Å². The number of hydrogen-bond acceptors (Lipinski definition) is 2. The van der Waals surface area contributed by atoms with Crippen LogP contribution in [0.4, 0.5) is 0 Å². The summed E-state index contributed by atoms with van der Waals surface area (Å²) in [5.74, 6) is 0.280. The molecule has 4 heteroatoms. The molecule has 0 spiro atoms. The van der Waals surface area contributed by atoms with Gasteiger partial charge in [0.05, 0.1) is 12.6 Å². The van der Waals surface area contributed by atoms with Crippen LogP contribution in [0.5, 0.6) is 0 Å². The molecule has 3 rings (SSSR count). The number of nitrogens with zero attached hydrogens (tertiary/aromatic N) is 1. The minimum atomic E-state index is 0.0115. The molecule has 4 nitrogen and oxygen atoms in total. The van der Waals surface area contributed by atoms with E-state index in [1.54, 1.807) is 0 Å². The summed E-state index contributed by atoms with van der Waals surface area (Å²) in [4.78, 5) is 26.1. The van der Waals surface area contributed by atoms with E-state index in [2.05, 4.69) is 17.5 Å². The van der Waals surface area contributed by atoms with E-state index in [4.69, 9.17) is 0 Å². The first kappa shape index (κ1) is 11.8. The molecule has 98 valence electrons. The fraction of sp³-hybridized carbons (Fsp3) is 0.714. The Balaban J connectivity index is 1.75. The van der Waals surface area contributed by atoms with Gasteiger partial charge in [0.2, 0.25) is 11.8 Å². The maximum atomic E-state index is 12.5. The normalized spacial score (nSPS) is 32.2. The summed E-state index contributed by atoms with van der Waals surface area (Å²) >= 11 is 0. The highest BCUT2D eigenvalue weighted by atomic mass is 16.2. The quantitative estimate of drug-likeness (QED) is 0.709. The predicted octanol–water partition coefficient (Wildman–Crippen LogP) is 1.22. The minimum Gasteiger partial charge on any atom is -0.350 e. The highest BCUT2D eigenvalue weighted by molar-refractivity contribution is 5.88. The maximum Gasteiger partial charge on any atom is 0.239 e. The van der Waals surface area contributed by atoms with Crippen LogP contribution in [0.1, 0.15) is 38.5 Å². The molecular weight excluding hydrogens is 228 g/mol. The Labute approximate surface area is 107 Å². The second-order valence-corrected chi connectivity index (χ2v) is 5.63. The van der Waals surface area contributed by atoms with Crippen LogP contribution in [0.2, 0.25) is 0 Å². The average molecular weight is 248 g/mol. The van der Waals surface area contributed by atoms with E-state index in [1.165, 1.54) is 6.42 Å². The molecule has 0 bridgehead atoms. The number of piperazine rings is 1. The lowest BCUT2D eigenvalue weighted by molar-refractivity contribution is -0.147. The van der Waals surface area contributed by atoms with Gasteiger partial charge in [-0.15, -0.1) is 0 Å². The van der Waals surface area contributed by atoms with Crippen LogP contribution in [-0.2, 0) is 9.59 Å². The first-order chi connectivity index (χ1) is 8.75. The van der Waals surface area contributed by atoms with Crippen molar-refractivity contribution in [1.82, 2.24) is 10.2 Å². The summed E-state index contributed by atoms with van der Waals surface area (Å²) in [5.41, 5.74) is 0. The first-order valence-corrected chi connectivity index (χ1v) is 7.00. The Kier molecular flexibility index (Phi) is 3.10. The first-order valence-electron chi connectivity index (χ1n) is 7.00. The molecule has 1 heterocycles. The van der Waals surface area contributed by atoms with Gasteiger partial charge in [0, 0.05) is 12.0 Å². The molecule has 2 aliphatic carbocycles. The largest absolute Gasteiger partial charge is 0.350 e. The van der Waals surface area contributed by atoms with Crippen LogP contribution >= 0.6 is 0 Å². The van der Waals surface area contributed by atoms with Crippen molar-refractivity contribution < 1.29 is 9.59 Å². The van der Waals surface area contributed by atoms with Crippen LogP contribution in [0.25, 0.3) is 0 Å². The summed E-state index contributed by atoms with van der Waals surface area (Å²) in [7, 11) is 0. The predicted molar refractivity (Wildman–Crippen MR) is 67.8 cm³/mol. The van der Waals surface area contributed by atoms with Gasteiger partial charge in [-0.05, 0) is 25.7 Å². The topological polar surface area (TPSA) is 49.4 Å². The lowest BCUT2D eigenvalue weighted by atomic mass is 9.86. The number of allylic oxidation sites excluding steroid dienone is 2. The maximum absolute atomic E-state index is 12.5. The minimum absolute atomic E-state index is 0.0115. The third-order valence-electron chi connectivity index (χ3n) is 4.43. The average Bonchev–Trinajstić information content (AvgIpc) is 2.90. The molecule has 2 unspecified atom stereocenters. The van der Waals surface area contributed by atoms with Crippen molar-refractivity contribution in [3.63, 3.8) is 0 Å². The van der Waals surface area contributed by atoms with Gasteiger partial charge in [-0.25, -0.2) is 0 Å². The number of carbonyl (C=O) groups excluding carboxylic acids is 2. The molecule has 0 aromatic heterocycles. The fourth-order valence-electron chi connectivity index (χ4n) is 3.47. The van der Waals surface area contributed by atoms with Gasteiger partial charge < -0.3 is 10.2 Å². The van der Waals surface area contributed by atoms with E-state index in [0.29, 0.717) is 0 Å². The lowest BCUT2D eigenvalue weighted by Crippen LogP contribution is -2.63. The molecule has 1 N–H and O–H groups in total. The van der Waals surface area contributed by atoms with Crippen LogP contribution in [0, 0.1) is 5.92 Å². The number of nitrogens with one attached hydrogen (secondary N) is 1. The molecule has 0 aromatic carbocycles. The molecule has 1 aliphatic heterocycles. The molecule has 3 aliphatic rings. The molecule has 0 aromatic rings. The summed E-state index contributed by atoms with van der Waals surface area (Å²) < 4.78 is 0.